The quantitative estimate of drug-likeness (QED) is 0.835. The highest BCUT2D eigenvalue weighted by atomic mass is 16.5. The highest BCUT2D eigenvalue weighted by molar-refractivity contribution is 5.83. The van der Waals surface area contributed by atoms with Gasteiger partial charge in [0.15, 0.2) is 6.10 Å². The minimum atomic E-state index is -0.616. The summed E-state index contributed by atoms with van der Waals surface area (Å²) in [5.41, 5.74) is 0.831. The molecule has 19 heavy (non-hydrogen) atoms. The first-order chi connectivity index (χ1) is 9.27. The van der Waals surface area contributed by atoms with Crippen LogP contribution in [0.4, 0.5) is 0 Å². The van der Waals surface area contributed by atoms with Crippen molar-refractivity contribution in [3.05, 3.63) is 35.9 Å². The van der Waals surface area contributed by atoms with Crippen molar-refractivity contribution in [2.24, 2.45) is 0 Å². The second kappa shape index (κ2) is 6.35. The number of methoxy groups -OCH3 is 1. The van der Waals surface area contributed by atoms with Crippen molar-refractivity contribution in [2.45, 2.75) is 31.4 Å². The van der Waals surface area contributed by atoms with E-state index in [1.807, 2.05) is 30.3 Å². The maximum atomic E-state index is 12.5. The van der Waals surface area contributed by atoms with Crippen LogP contribution in [-0.4, -0.2) is 30.5 Å². The van der Waals surface area contributed by atoms with E-state index < -0.39 is 6.10 Å². The molecule has 1 fully saturated rings. The molecule has 0 aromatic heterocycles. The van der Waals surface area contributed by atoms with E-state index in [0.29, 0.717) is 6.54 Å². The molecular formula is C15H18N2O2. The van der Waals surface area contributed by atoms with Crippen molar-refractivity contribution in [1.82, 2.24) is 4.90 Å². The van der Waals surface area contributed by atoms with Gasteiger partial charge in [-0.05, 0) is 24.8 Å². The molecule has 2 unspecified atom stereocenters. The second-order valence-corrected chi connectivity index (χ2v) is 4.70. The molecule has 2 atom stereocenters. The van der Waals surface area contributed by atoms with Crippen LogP contribution in [0.15, 0.2) is 30.3 Å². The van der Waals surface area contributed by atoms with Crippen LogP contribution in [0, 0.1) is 11.3 Å². The number of nitrogens with zero attached hydrogens (tertiary/aromatic N) is 2. The normalized spacial score (nSPS) is 20.6. The molecule has 1 aromatic rings. The number of benzene rings is 1. The first-order valence-electron chi connectivity index (χ1n) is 6.55. The number of nitriles is 1. The van der Waals surface area contributed by atoms with Crippen molar-refractivity contribution >= 4 is 5.91 Å². The lowest BCUT2D eigenvalue weighted by molar-refractivity contribution is -0.144. The van der Waals surface area contributed by atoms with Crippen LogP contribution in [0.3, 0.4) is 0 Å². The van der Waals surface area contributed by atoms with Gasteiger partial charge < -0.3 is 9.64 Å². The summed E-state index contributed by atoms with van der Waals surface area (Å²) in [5.74, 6) is -0.111. The molecule has 1 aliphatic rings. The highest BCUT2D eigenvalue weighted by Crippen LogP contribution is 2.24. The Balaban J connectivity index is 2.19. The van der Waals surface area contributed by atoms with E-state index in [-0.39, 0.29) is 11.9 Å². The summed E-state index contributed by atoms with van der Waals surface area (Å²) < 4.78 is 5.34. The van der Waals surface area contributed by atoms with Gasteiger partial charge in [0.25, 0.3) is 5.91 Å². The number of hydrogen-bond acceptors (Lipinski definition) is 3. The monoisotopic (exact) mass is 258 g/mol. The molecule has 0 N–H and O–H groups in total. The summed E-state index contributed by atoms with van der Waals surface area (Å²) in [5, 5.41) is 9.15. The zero-order valence-corrected chi connectivity index (χ0v) is 11.1. The number of carbonyl (C=O) groups excluding carboxylic acids is 1. The molecule has 1 saturated heterocycles. The molecule has 1 amide bonds. The lowest BCUT2D eigenvalue weighted by Crippen LogP contribution is -2.45. The first-order valence-corrected chi connectivity index (χ1v) is 6.55. The standard InChI is InChI=1S/C15H18N2O2/c1-19-14(12-7-3-2-4-8-12)15(18)17-10-6-5-9-13(17)11-16/h2-4,7-8,13-14H,5-6,9-10H2,1H3. The highest BCUT2D eigenvalue weighted by Gasteiger charge is 2.32. The molecule has 0 bridgehead atoms. The van der Waals surface area contributed by atoms with Crippen LogP contribution in [0.1, 0.15) is 30.9 Å². The molecule has 0 aliphatic carbocycles. The van der Waals surface area contributed by atoms with Gasteiger partial charge in [0.05, 0.1) is 6.07 Å². The van der Waals surface area contributed by atoms with E-state index in [2.05, 4.69) is 6.07 Å². The number of amides is 1. The van der Waals surface area contributed by atoms with Crippen LogP contribution in [0.25, 0.3) is 0 Å². The maximum absolute atomic E-state index is 12.5. The fraction of sp³-hybridized carbons (Fsp3) is 0.467. The second-order valence-electron chi connectivity index (χ2n) is 4.70. The zero-order chi connectivity index (χ0) is 13.7. The summed E-state index contributed by atoms with van der Waals surface area (Å²) in [7, 11) is 1.53. The molecule has 2 rings (SSSR count). The van der Waals surface area contributed by atoms with Crippen molar-refractivity contribution in [3.63, 3.8) is 0 Å². The summed E-state index contributed by atoms with van der Waals surface area (Å²) in [6, 6.07) is 11.3. The van der Waals surface area contributed by atoms with Crippen molar-refractivity contribution in [2.75, 3.05) is 13.7 Å². The molecule has 1 aliphatic heterocycles. The Labute approximate surface area is 113 Å². The van der Waals surface area contributed by atoms with Gasteiger partial charge in [-0.25, -0.2) is 0 Å². The average Bonchev–Trinajstić information content (AvgIpc) is 2.49. The molecule has 0 spiro atoms. The van der Waals surface area contributed by atoms with Crippen LogP contribution in [-0.2, 0) is 9.53 Å². The number of ether oxygens (including phenoxy) is 1. The van der Waals surface area contributed by atoms with Crippen LogP contribution in [0.2, 0.25) is 0 Å². The third-order valence-corrected chi connectivity index (χ3v) is 3.50. The fourth-order valence-electron chi connectivity index (χ4n) is 2.49. The van der Waals surface area contributed by atoms with E-state index in [4.69, 9.17) is 10.00 Å². The molecule has 0 saturated carbocycles. The molecule has 1 heterocycles. The molecule has 4 nitrogen and oxygen atoms in total. The Morgan fingerprint density at radius 1 is 1.42 bits per heavy atom. The van der Waals surface area contributed by atoms with E-state index in [1.54, 1.807) is 4.90 Å². The van der Waals surface area contributed by atoms with E-state index >= 15 is 0 Å². The molecule has 0 radical (unpaired) electrons. The van der Waals surface area contributed by atoms with Crippen molar-refractivity contribution in [3.8, 4) is 6.07 Å². The first kappa shape index (κ1) is 13.6. The largest absolute Gasteiger partial charge is 0.367 e. The summed E-state index contributed by atoms with van der Waals surface area (Å²) >= 11 is 0. The van der Waals surface area contributed by atoms with Gasteiger partial charge in [-0.1, -0.05) is 30.3 Å². The summed E-state index contributed by atoms with van der Waals surface area (Å²) in [6.45, 7) is 0.643. The van der Waals surface area contributed by atoms with Gasteiger partial charge in [0.2, 0.25) is 0 Å². The van der Waals surface area contributed by atoms with Gasteiger partial charge in [0, 0.05) is 13.7 Å². The number of piperidine rings is 1. The van der Waals surface area contributed by atoms with Gasteiger partial charge >= 0.3 is 0 Å². The third-order valence-electron chi connectivity index (χ3n) is 3.50. The number of likely N-dealkylation sites (tertiary alicyclic amines) is 1. The topological polar surface area (TPSA) is 53.3 Å². The lowest BCUT2D eigenvalue weighted by atomic mass is 10.0. The molecule has 1 aromatic carbocycles. The van der Waals surface area contributed by atoms with Gasteiger partial charge in [-0.15, -0.1) is 0 Å². The predicted octanol–water partition coefficient (Wildman–Crippen LogP) is 2.28. The Morgan fingerprint density at radius 3 is 2.79 bits per heavy atom. The van der Waals surface area contributed by atoms with Gasteiger partial charge in [-0.3, -0.25) is 4.79 Å². The fourth-order valence-corrected chi connectivity index (χ4v) is 2.49. The van der Waals surface area contributed by atoms with Gasteiger partial charge in [0.1, 0.15) is 6.04 Å². The summed E-state index contributed by atoms with van der Waals surface area (Å²) in [4.78, 5) is 14.2. The number of carbonyl (C=O) groups is 1. The van der Waals surface area contributed by atoms with E-state index in [9.17, 15) is 4.79 Å². The maximum Gasteiger partial charge on any atom is 0.257 e. The number of hydrogen-bond donors (Lipinski definition) is 0. The SMILES string of the molecule is COC(C(=O)N1CCCCC1C#N)c1ccccc1. The Bertz CT molecular complexity index is 467. The summed E-state index contributed by atoms with van der Waals surface area (Å²) in [6.07, 6.45) is 2.10. The average molecular weight is 258 g/mol. The van der Waals surface area contributed by atoms with E-state index in [0.717, 1.165) is 24.8 Å². The molecule has 100 valence electrons. The van der Waals surface area contributed by atoms with E-state index in [1.165, 1.54) is 7.11 Å². The number of rotatable bonds is 3. The third kappa shape index (κ3) is 2.94. The van der Waals surface area contributed by atoms with Crippen LogP contribution < -0.4 is 0 Å². The smallest absolute Gasteiger partial charge is 0.257 e. The molecular weight excluding hydrogens is 240 g/mol. The van der Waals surface area contributed by atoms with Gasteiger partial charge in [-0.2, -0.15) is 5.26 Å². The van der Waals surface area contributed by atoms with Crippen LogP contribution in [0.5, 0.6) is 0 Å². The molecule has 4 heteroatoms. The zero-order valence-electron chi connectivity index (χ0n) is 11.1. The van der Waals surface area contributed by atoms with Crippen LogP contribution >= 0.6 is 0 Å². The Morgan fingerprint density at radius 2 is 2.16 bits per heavy atom. The minimum absolute atomic E-state index is 0.111. The minimum Gasteiger partial charge on any atom is -0.367 e. The van der Waals surface area contributed by atoms with Crippen molar-refractivity contribution in [1.29, 1.82) is 5.26 Å². The Hall–Kier alpha value is -1.86. The van der Waals surface area contributed by atoms with Crippen molar-refractivity contribution < 1.29 is 9.53 Å². The lowest BCUT2D eigenvalue weighted by Gasteiger charge is -2.33. The Kier molecular flexibility index (Phi) is 4.53. The predicted molar refractivity (Wildman–Crippen MR) is 71.2 cm³/mol.